The van der Waals surface area contributed by atoms with Gasteiger partial charge in [-0.05, 0) is 19.3 Å². The number of nitrogens with zero attached hydrogens (tertiary/aromatic N) is 1. The highest BCUT2D eigenvalue weighted by Crippen LogP contribution is 2.31. The van der Waals surface area contributed by atoms with Crippen molar-refractivity contribution in [3.05, 3.63) is 0 Å². The molecule has 0 spiro atoms. The Morgan fingerprint density at radius 2 is 2.11 bits per heavy atom. The van der Waals surface area contributed by atoms with Crippen LogP contribution in [0.4, 0.5) is 0 Å². The zero-order valence-corrected chi connectivity index (χ0v) is 10.9. The van der Waals surface area contributed by atoms with E-state index in [0.29, 0.717) is 45.1 Å². The third kappa shape index (κ3) is 2.98. The van der Waals surface area contributed by atoms with Crippen LogP contribution in [0, 0.1) is 11.3 Å². The van der Waals surface area contributed by atoms with E-state index < -0.39 is 5.41 Å². The first kappa shape index (κ1) is 14.1. The molecule has 1 amide bonds. The maximum Gasteiger partial charge on any atom is 0.234 e. The molecule has 0 saturated carbocycles. The summed E-state index contributed by atoms with van der Waals surface area (Å²) in [4.78, 5) is 12.4. The maximum absolute atomic E-state index is 12.4. The minimum atomic E-state index is -0.938. The van der Waals surface area contributed by atoms with Crippen molar-refractivity contribution in [3.63, 3.8) is 0 Å². The van der Waals surface area contributed by atoms with Gasteiger partial charge in [-0.25, -0.2) is 0 Å². The molecule has 0 radical (unpaired) electrons. The van der Waals surface area contributed by atoms with Crippen molar-refractivity contribution in [2.24, 2.45) is 22.2 Å². The lowest BCUT2D eigenvalue weighted by Gasteiger charge is -2.34. The number of rotatable bonds is 4. The Hall–Kier alpha value is -1.34. The second-order valence-electron chi connectivity index (χ2n) is 5.12. The molecular weight excluding hydrogens is 250 g/mol. The number of hydrogen-bond donors (Lipinski definition) is 3. The third-order valence-electron chi connectivity index (χ3n) is 3.95. The number of oxime groups is 1. The Kier molecular flexibility index (Phi) is 4.60. The number of carbonyl (C=O) groups excluding carboxylic acids is 1. The molecule has 1 unspecified atom stereocenters. The van der Waals surface area contributed by atoms with Gasteiger partial charge in [-0.3, -0.25) is 4.79 Å². The molecule has 2 saturated heterocycles. The number of amidine groups is 1. The highest BCUT2D eigenvalue weighted by molar-refractivity contribution is 6.06. The number of amides is 1. The Morgan fingerprint density at radius 1 is 1.37 bits per heavy atom. The average molecular weight is 271 g/mol. The van der Waals surface area contributed by atoms with Crippen LogP contribution in [0.2, 0.25) is 0 Å². The molecule has 2 aliphatic rings. The van der Waals surface area contributed by atoms with Gasteiger partial charge >= 0.3 is 0 Å². The molecule has 2 aliphatic heterocycles. The third-order valence-corrected chi connectivity index (χ3v) is 3.95. The normalized spacial score (nSPS) is 27.2. The summed E-state index contributed by atoms with van der Waals surface area (Å²) in [5.41, 5.74) is 4.79. The quantitative estimate of drug-likeness (QED) is 0.281. The topological polar surface area (TPSA) is 106 Å². The van der Waals surface area contributed by atoms with Crippen LogP contribution in [-0.4, -0.2) is 49.9 Å². The average Bonchev–Trinajstić information content (AvgIpc) is 2.97. The van der Waals surface area contributed by atoms with E-state index in [9.17, 15) is 4.79 Å². The van der Waals surface area contributed by atoms with Crippen molar-refractivity contribution >= 4 is 11.7 Å². The Morgan fingerprint density at radius 3 is 2.68 bits per heavy atom. The van der Waals surface area contributed by atoms with Gasteiger partial charge in [0.05, 0.1) is 6.61 Å². The fraction of sp³-hybridized carbons (Fsp3) is 0.833. The smallest absolute Gasteiger partial charge is 0.234 e. The van der Waals surface area contributed by atoms with Gasteiger partial charge in [0.15, 0.2) is 5.84 Å². The molecule has 2 fully saturated rings. The Balaban J connectivity index is 1.98. The second-order valence-corrected chi connectivity index (χ2v) is 5.12. The predicted molar refractivity (Wildman–Crippen MR) is 67.8 cm³/mol. The van der Waals surface area contributed by atoms with Crippen LogP contribution in [0.3, 0.4) is 0 Å². The summed E-state index contributed by atoms with van der Waals surface area (Å²) in [7, 11) is 0. The predicted octanol–water partition coefficient (Wildman–Crippen LogP) is -0.318. The summed E-state index contributed by atoms with van der Waals surface area (Å²) >= 11 is 0. The maximum atomic E-state index is 12.4. The SMILES string of the molecule is N/C(=N/O)C1(C(=O)NCC2CCOC2)CCOCC1. The summed E-state index contributed by atoms with van der Waals surface area (Å²) in [6, 6.07) is 0. The number of nitrogens with one attached hydrogen (secondary N) is 1. The summed E-state index contributed by atoms with van der Waals surface area (Å²) in [5, 5.41) is 14.8. The lowest BCUT2D eigenvalue weighted by Crippen LogP contribution is -2.53. The van der Waals surface area contributed by atoms with Crippen molar-refractivity contribution in [1.82, 2.24) is 5.32 Å². The molecule has 0 bridgehead atoms. The number of carbonyl (C=O) groups is 1. The van der Waals surface area contributed by atoms with Crippen molar-refractivity contribution in [2.75, 3.05) is 33.0 Å². The molecule has 2 rings (SSSR count). The van der Waals surface area contributed by atoms with Gasteiger partial charge in [-0.2, -0.15) is 0 Å². The zero-order valence-electron chi connectivity index (χ0n) is 10.9. The van der Waals surface area contributed by atoms with Crippen LogP contribution < -0.4 is 11.1 Å². The molecule has 7 nitrogen and oxygen atoms in total. The van der Waals surface area contributed by atoms with Gasteiger partial charge in [0, 0.05) is 32.3 Å². The highest BCUT2D eigenvalue weighted by atomic mass is 16.5. The van der Waals surface area contributed by atoms with Crippen molar-refractivity contribution in [3.8, 4) is 0 Å². The van der Waals surface area contributed by atoms with E-state index >= 15 is 0 Å². The molecule has 0 aromatic rings. The lowest BCUT2D eigenvalue weighted by molar-refractivity contribution is -0.131. The monoisotopic (exact) mass is 271 g/mol. The first-order valence-corrected chi connectivity index (χ1v) is 6.61. The molecular formula is C12H21N3O4. The molecule has 1 atom stereocenters. The summed E-state index contributed by atoms with van der Waals surface area (Å²) in [6.07, 6.45) is 1.84. The number of hydrogen-bond acceptors (Lipinski definition) is 5. The first-order chi connectivity index (χ1) is 9.19. The minimum absolute atomic E-state index is 0.0315. The molecule has 108 valence electrons. The van der Waals surface area contributed by atoms with Crippen LogP contribution in [0.5, 0.6) is 0 Å². The molecule has 0 aromatic carbocycles. The molecule has 0 aromatic heterocycles. The Labute approximate surface area is 112 Å². The number of nitrogens with two attached hydrogens (primary N) is 1. The molecule has 0 aliphatic carbocycles. The molecule has 7 heteroatoms. The van der Waals surface area contributed by atoms with E-state index in [-0.39, 0.29) is 11.7 Å². The van der Waals surface area contributed by atoms with E-state index in [4.69, 9.17) is 20.4 Å². The van der Waals surface area contributed by atoms with Gasteiger partial charge in [-0.15, -0.1) is 0 Å². The van der Waals surface area contributed by atoms with Gasteiger partial charge < -0.3 is 25.7 Å². The fourth-order valence-corrected chi connectivity index (χ4v) is 2.57. The van der Waals surface area contributed by atoms with E-state index in [1.807, 2.05) is 0 Å². The van der Waals surface area contributed by atoms with Gasteiger partial charge in [0.2, 0.25) is 5.91 Å². The summed E-state index contributed by atoms with van der Waals surface area (Å²) < 4.78 is 10.5. The second kappa shape index (κ2) is 6.21. The van der Waals surface area contributed by atoms with Crippen molar-refractivity contribution < 1.29 is 19.5 Å². The van der Waals surface area contributed by atoms with E-state index in [2.05, 4.69) is 10.5 Å². The van der Waals surface area contributed by atoms with Crippen LogP contribution >= 0.6 is 0 Å². The number of ether oxygens (including phenoxy) is 2. The molecule has 2 heterocycles. The lowest BCUT2D eigenvalue weighted by atomic mass is 9.78. The summed E-state index contributed by atoms with van der Waals surface area (Å²) in [6.45, 7) is 2.88. The van der Waals surface area contributed by atoms with E-state index in [1.165, 1.54) is 0 Å². The zero-order chi connectivity index (χ0) is 13.7. The summed E-state index contributed by atoms with van der Waals surface area (Å²) in [5.74, 6) is 0.141. The van der Waals surface area contributed by atoms with E-state index in [1.54, 1.807) is 0 Å². The van der Waals surface area contributed by atoms with E-state index in [0.717, 1.165) is 13.0 Å². The van der Waals surface area contributed by atoms with Gasteiger partial charge in [-0.1, -0.05) is 5.16 Å². The van der Waals surface area contributed by atoms with Crippen LogP contribution in [-0.2, 0) is 14.3 Å². The van der Waals surface area contributed by atoms with Gasteiger partial charge in [0.1, 0.15) is 5.41 Å². The highest BCUT2D eigenvalue weighted by Gasteiger charge is 2.44. The standard InChI is InChI=1S/C12H21N3O4/c13-10(15-17)12(2-5-18-6-3-12)11(16)14-7-9-1-4-19-8-9/h9,17H,1-8H2,(H2,13,15)(H,14,16). The van der Waals surface area contributed by atoms with Crippen LogP contribution in [0.15, 0.2) is 5.16 Å². The van der Waals surface area contributed by atoms with Crippen LogP contribution in [0.1, 0.15) is 19.3 Å². The molecule has 19 heavy (non-hydrogen) atoms. The Bertz CT molecular complexity index is 347. The first-order valence-electron chi connectivity index (χ1n) is 6.61. The largest absolute Gasteiger partial charge is 0.409 e. The fourth-order valence-electron chi connectivity index (χ4n) is 2.57. The van der Waals surface area contributed by atoms with Crippen LogP contribution in [0.25, 0.3) is 0 Å². The minimum Gasteiger partial charge on any atom is -0.409 e. The molecule has 4 N–H and O–H groups in total. The van der Waals surface area contributed by atoms with Crippen molar-refractivity contribution in [1.29, 1.82) is 0 Å². The van der Waals surface area contributed by atoms with Gasteiger partial charge in [0.25, 0.3) is 0 Å². The van der Waals surface area contributed by atoms with Crippen molar-refractivity contribution in [2.45, 2.75) is 19.3 Å².